The highest BCUT2D eigenvalue weighted by Crippen LogP contribution is 2.39. The van der Waals surface area contributed by atoms with Crippen LogP contribution in [0.2, 0.25) is 0 Å². The van der Waals surface area contributed by atoms with E-state index in [9.17, 15) is 20.0 Å². The summed E-state index contributed by atoms with van der Waals surface area (Å²) in [5.41, 5.74) is 4.01. The number of anilines is 1. The summed E-state index contributed by atoms with van der Waals surface area (Å²) in [6, 6.07) is 17.2. The van der Waals surface area contributed by atoms with Crippen molar-refractivity contribution in [3.63, 3.8) is 0 Å². The highest BCUT2D eigenvalue weighted by Gasteiger charge is 2.34. The lowest BCUT2D eigenvalue weighted by Gasteiger charge is -2.28. The minimum atomic E-state index is -0.967. The Morgan fingerprint density at radius 1 is 1.16 bits per heavy atom. The van der Waals surface area contributed by atoms with Crippen molar-refractivity contribution in [2.75, 3.05) is 24.5 Å². The fourth-order valence-electron chi connectivity index (χ4n) is 4.42. The van der Waals surface area contributed by atoms with Gasteiger partial charge < -0.3 is 14.7 Å². The molecule has 37 heavy (non-hydrogen) atoms. The van der Waals surface area contributed by atoms with Gasteiger partial charge in [-0.25, -0.2) is 9.59 Å². The molecule has 3 aromatic rings. The maximum absolute atomic E-state index is 13.5. The van der Waals surface area contributed by atoms with Crippen molar-refractivity contribution < 1.29 is 19.4 Å². The zero-order valence-electron chi connectivity index (χ0n) is 21.5. The lowest BCUT2D eigenvalue weighted by Crippen LogP contribution is -2.41. The normalized spacial score (nSPS) is 15.3. The van der Waals surface area contributed by atoms with Crippen LogP contribution in [-0.4, -0.2) is 57.6 Å². The van der Waals surface area contributed by atoms with Crippen LogP contribution in [0.4, 0.5) is 15.4 Å². The Hall–Kier alpha value is -4.32. The second-order valence-electron chi connectivity index (χ2n) is 10.3. The maximum atomic E-state index is 13.5. The van der Waals surface area contributed by atoms with Crippen molar-refractivity contribution >= 4 is 18.0 Å². The zero-order valence-corrected chi connectivity index (χ0v) is 21.5. The van der Waals surface area contributed by atoms with Gasteiger partial charge in [0.05, 0.1) is 22.9 Å². The number of ether oxygens (including phenoxy) is 1. The summed E-state index contributed by atoms with van der Waals surface area (Å²) in [7, 11) is 0. The molecule has 1 fully saturated rings. The summed E-state index contributed by atoms with van der Waals surface area (Å²) in [5.74, 6) is 0.320. The number of likely N-dealkylation sites (tertiary alicyclic amines) is 1. The summed E-state index contributed by atoms with van der Waals surface area (Å²) >= 11 is 0. The molecular formula is C28H31N5O4. The molecule has 2 heterocycles. The number of benzene rings is 2. The van der Waals surface area contributed by atoms with E-state index in [2.05, 4.69) is 16.3 Å². The quantitative estimate of drug-likeness (QED) is 0.465. The van der Waals surface area contributed by atoms with E-state index in [1.165, 1.54) is 9.80 Å². The Morgan fingerprint density at radius 2 is 1.81 bits per heavy atom. The summed E-state index contributed by atoms with van der Waals surface area (Å²) in [6.07, 6.45) is -0.892. The summed E-state index contributed by atoms with van der Waals surface area (Å²) in [6.45, 7) is 8.41. The van der Waals surface area contributed by atoms with Crippen LogP contribution in [0.15, 0.2) is 48.5 Å². The highest BCUT2D eigenvalue weighted by molar-refractivity contribution is 5.97. The van der Waals surface area contributed by atoms with Gasteiger partial charge in [0, 0.05) is 25.2 Å². The first-order valence-electron chi connectivity index (χ1n) is 12.2. The van der Waals surface area contributed by atoms with Crippen LogP contribution >= 0.6 is 0 Å². The predicted octanol–water partition coefficient (Wildman–Crippen LogP) is 5.67. The largest absolute Gasteiger partial charge is 0.465 e. The van der Waals surface area contributed by atoms with Crippen molar-refractivity contribution in [1.82, 2.24) is 15.1 Å². The molecule has 0 saturated carbocycles. The van der Waals surface area contributed by atoms with Crippen molar-refractivity contribution in [2.45, 2.75) is 39.7 Å². The first-order chi connectivity index (χ1) is 17.6. The average Bonchev–Trinajstić information content (AvgIpc) is 3.49. The number of nitrogens with zero attached hydrogens (tertiary/aromatic N) is 4. The van der Waals surface area contributed by atoms with Crippen LogP contribution in [0.5, 0.6) is 0 Å². The van der Waals surface area contributed by atoms with E-state index < -0.39 is 17.8 Å². The fourth-order valence-corrected chi connectivity index (χ4v) is 4.42. The first kappa shape index (κ1) is 25.8. The van der Waals surface area contributed by atoms with Crippen molar-refractivity contribution in [3.05, 3.63) is 59.7 Å². The van der Waals surface area contributed by atoms with E-state index in [1.54, 1.807) is 32.9 Å². The first-order valence-corrected chi connectivity index (χ1v) is 12.2. The van der Waals surface area contributed by atoms with E-state index in [4.69, 9.17) is 4.74 Å². The van der Waals surface area contributed by atoms with E-state index in [0.29, 0.717) is 36.5 Å². The molecule has 0 spiro atoms. The molecule has 4 rings (SSSR count). The smallest absolute Gasteiger partial charge is 0.416 e. The summed E-state index contributed by atoms with van der Waals surface area (Å²) < 4.78 is 5.76. The molecule has 0 bridgehead atoms. The molecule has 1 aliphatic heterocycles. The molecule has 2 amide bonds. The summed E-state index contributed by atoms with van der Waals surface area (Å²) in [4.78, 5) is 27.9. The molecule has 0 unspecified atom stereocenters. The van der Waals surface area contributed by atoms with Gasteiger partial charge in [-0.05, 0) is 57.7 Å². The number of rotatable bonds is 5. The SMILES string of the molecule is Cc1ccc(-c2[nH]nc(N(C[C@H]3CCN(C(=O)O)C3)C(=O)OC(C)(C)C)c2-c2ccc(C#N)cc2)cc1. The van der Waals surface area contributed by atoms with Gasteiger partial charge in [0.25, 0.3) is 0 Å². The van der Waals surface area contributed by atoms with Gasteiger partial charge in [0.2, 0.25) is 0 Å². The van der Waals surface area contributed by atoms with Gasteiger partial charge in [0.15, 0.2) is 5.82 Å². The van der Waals surface area contributed by atoms with Gasteiger partial charge in [-0.3, -0.25) is 10.00 Å². The second kappa shape index (κ2) is 10.3. The Morgan fingerprint density at radius 3 is 2.38 bits per heavy atom. The molecule has 1 atom stereocenters. The molecule has 0 radical (unpaired) electrons. The minimum Gasteiger partial charge on any atom is -0.465 e. The molecule has 1 aromatic heterocycles. The maximum Gasteiger partial charge on any atom is 0.416 e. The molecule has 0 aliphatic carbocycles. The van der Waals surface area contributed by atoms with Crippen molar-refractivity contribution in [1.29, 1.82) is 5.26 Å². The van der Waals surface area contributed by atoms with Crippen LogP contribution in [0.25, 0.3) is 22.4 Å². The van der Waals surface area contributed by atoms with Crippen LogP contribution in [0, 0.1) is 24.2 Å². The Labute approximate surface area is 216 Å². The Balaban J connectivity index is 1.82. The molecule has 9 nitrogen and oxygen atoms in total. The van der Waals surface area contributed by atoms with Gasteiger partial charge in [-0.2, -0.15) is 10.4 Å². The van der Waals surface area contributed by atoms with Crippen LogP contribution in [0.3, 0.4) is 0 Å². The average molecular weight is 502 g/mol. The van der Waals surface area contributed by atoms with Crippen molar-refractivity contribution in [2.24, 2.45) is 5.92 Å². The molecule has 1 saturated heterocycles. The third-order valence-corrected chi connectivity index (χ3v) is 6.26. The van der Waals surface area contributed by atoms with E-state index >= 15 is 0 Å². The topological polar surface area (TPSA) is 123 Å². The van der Waals surface area contributed by atoms with E-state index in [-0.39, 0.29) is 12.5 Å². The van der Waals surface area contributed by atoms with Crippen molar-refractivity contribution in [3.8, 4) is 28.5 Å². The number of hydrogen-bond acceptors (Lipinski definition) is 5. The number of aryl methyl sites for hydroxylation is 1. The van der Waals surface area contributed by atoms with Gasteiger partial charge in [0.1, 0.15) is 5.60 Å². The van der Waals surface area contributed by atoms with E-state index in [0.717, 1.165) is 22.4 Å². The second-order valence-corrected chi connectivity index (χ2v) is 10.3. The highest BCUT2D eigenvalue weighted by atomic mass is 16.6. The standard InChI is InChI=1S/C28H31N5O4/c1-18-5-9-22(10-6-18)24-23(21-11-7-19(15-29)8-12-21)25(31-30-24)33(27(36)37-28(2,3)4)17-20-13-14-32(16-20)26(34)35/h5-12,20H,13-14,16-17H2,1-4H3,(H,30,31)(H,34,35)/t20-/m0/s1. The number of nitrogens with one attached hydrogen (secondary N) is 1. The number of carbonyl (C=O) groups excluding carboxylic acids is 1. The molecular weight excluding hydrogens is 470 g/mol. The number of H-pyrrole nitrogens is 1. The summed E-state index contributed by atoms with van der Waals surface area (Å²) in [5, 5.41) is 26.4. The zero-order chi connectivity index (χ0) is 26.7. The number of hydrogen-bond donors (Lipinski definition) is 2. The van der Waals surface area contributed by atoms with Crippen LogP contribution < -0.4 is 4.90 Å². The third kappa shape index (κ3) is 5.92. The lowest BCUT2D eigenvalue weighted by atomic mass is 9.98. The number of aromatic nitrogens is 2. The lowest BCUT2D eigenvalue weighted by molar-refractivity contribution is 0.0574. The predicted molar refractivity (Wildman–Crippen MR) is 140 cm³/mol. The third-order valence-electron chi connectivity index (χ3n) is 6.26. The van der Waals surface area contributed by atoms with E-state index in [1.807, 2.05) is 43.3 Å². The molecule has 192 valence electrons. The van der Waals surface area contributed by atoms with Gasteiger partial charge in [-0.15, -0.1) is 0 Å². The fraction of sp³-hybridized carbons (Fsp3) is 0.357. The van der Waals surface area contributed by atoms with Gasteiger partial charge >= 0.3 is 12.2 Å². The Bertz CT molecular complexity index is 1320. The van der Waals surface area contributed by atoms with Gasteiger partial charge in [-0.1, -0.05) is 42.0 Å². The molecule has 2 N–H and O–H groups in total. The molecule has 9 heteroatoms. The van der Waals surface area contributed by atoms with Crippen LogP contribution in [0.1, 0.15) is 38.3 Å². The number of carbonyl (C=O) groups is 2. The number of amides is 2. The number of aromatic amines is 1. The molecule has 1 aliphatic rings. The number of carboxylic acid groups (broad SMARTS) is 1. The Kier molecular flexibility index (Phi) is 7.21. The minimum absolute atomic E-state index is 0.0723. The van der Waals surface area contributed by atoms with Crippen LogP contribution in [-0.2, 0) is 4.74 Å². The monoisotopic (exact) mass is 501 g/mol. The number of nitriles is 1. The molecule has 2 aromatic carbocycles.